The van der Waals surface area contributed by atoms with E-state index in [4.69, 9.17) is 4.74 Å². The average Bonchev–Trinajstić information content (AvgIpc) is 2.61. The second-order valence-electron chi connectivity index (χ2n) is 6.17. The second-order valence-corrected chi connectivity index (χ2v) is 6.17. The van der Waals surface area contributed by atoms with Crippen molar-refractivity contribution in [3.63, 3.8) is 0 Å². The van der Waals surface area contributed by atoms with Crippen LogP contribution in [0, 0.1) is 5.82 Å². The van der Waals surface area contributed by atoms with E-state index in [9.17, 15) is 9.18 Å². The fourth-order valence-corrected chi connectivity index (χ4v) is 2.75. The molecule has 0 saturated carbocycles. The summed E-state index contributed by atoms with van der Waals surface area (Å²) in [6.45, 7) is 4.17. The molecule has 1 N–H and O–H groups in total. The maximum Gasteiger partial charge on any atom is 0.234 e. The van der Waals surface area contributed by atoms with Gasteiger partial charge in [-0.1, -0.05) is 30.3 Å². The first kappa shape index (κ1) is 18.9. The van der Waals surface area contributed by atoms with Crippen LogP contribution in [0.2, 0.25) is 0 Å². The number of nitrogens with one attached hydrogen (secondary N) is 1. The number of amides is 1. The number of rotatable bonds is 7. The molecular formula is C20H25FN2O2. The van der Waals surface area contributed by atoms with Crippen molar-refractivity contribution in [1.29, 1.82) is 0 Å². The number of ether oxygens (including phenoxy) is 1. The Labute approximate surface area is 148 Å². The van der Waals surface area contributed by atoms with Crippen molar-refractivity contribution < 1.29 is 13.9 Å². The summed E-state index contributed by atoms with van der Waals surface area (Å²) in [7, 11) is 3.49. The van der Waals surface area contributed by atoms with Crippen LogP contribution >= 0.6 is 0 Å². The molecule has 5 heteroatoms. The van der Waals surface area contributed by atoms with Crippen LogP contribution in [0.1, 0.15) is 37.1 Å². The Kier molecular flexibility index (Phi) is 6.53. The number of hydrogen-bond acceptors (Lipinski definition) is 3. The van der Waals surface area contributed by atoms with Crippen LogP contribution in [-0.2, 0) is 4.79 Å². The number of nitrogens with zero attached hydrogens (tertiary/aromatic N) is 1. The van der Waals surface area contributed by atoms with Gasteiger partial charge in [0, 0.05) is 11.6 Å². The van der Waals surface area contributed by atoms with Crippen LogP contribution < -0.4 is 10.1 Å². The summed E-state index contributed by atoms with van der Waals surface area (Å²) in [6, 6.07) is 13.8. The number of benzene rings is 2. The van der Waals surface area contributed by atoms with E-state index < -0.39 is 0 Å². The maximum absolute atomic E-state index is 13.0. The van der Waals surface area contributed by atoms with Gasteiger partial charge >= 0.3 is 0 Å². The molecule has 0 aliphatic heterocycles. The maximum atomic E-state index is 13.0. The van der Waals surface area contributed by atoms with Gasteiger partial charge in [0.15, 0.2) is 0 Å². The molecule has 2 atom stereocenters. The molecule has 0 saturated heterocycles. The van der Waals surface area contributed by atoms with Crippen molar-refractivity contribution in [3.05, 3.63) is 65.5 Å². The summed E-state index contributed by atoms with van der Waals surface area (Å²) in [5.74, 6) is 0.417. The van der Waals surface area contributed by atoms with E-state index in [1.165, 1.54) is 12.1 Å². The predicted octanol–water partition coefficient (Wildman–Crippen LogP) is 3.70. The zero-order valence-electron chi connectivity index (χ0n) is 15.1. The average molecular weight is 344 g/mol. The molecule has 2 aromatic carbocycles. The summed E-state index contributed by atoms with van der Waals surface area (Å²) in [4.78, 5) is 14.3. The lowest BCUT2D eigenvalue weighted by Gasteiger charge is -2.25. The van der Waals surface area contributed by atoms with Gasteiger partial charge in [0.25, 0.3) is 0 Å². The van der Waals surface area contributed by atoms with E-state index in [1.54, 1.807) is 19.2 Å². The van der Waals surface area contributed by atoms with Crippen molar-refractivity contribution in [1.82, 2.24) is 10.2 Å². The molecule has 134 valence electrons. The Bertz CT molecular complexity index is 703. The number of hydrogen-bond donors (Lipinski definition) is 1. The highest BCUT2D eigenvalue weighted by atomic mass is 19.1. The van der Waals surface area contributed by atoms with Gasteiger partial charge in [0.2, 0.25) is 5.91 Å². The summed E-state index contributed by atoms with van der Waals surface area (Å²) in [6.07, 6.45) is 0. The second kappa shape index (κ2) is 8.62. The van der Waals surface area contributed by atoms with E-state index in [0.717, 1.165) is 16.9 Å². The summed E-state index contributed by atoms with van der Waals surface area (Å²) in [5, 5.41) is 3.00. The largest absolute Gasteiger partial charge is 0.496 e. The Morgan fingerprint density at radius 1 is 1.16 bits per heavy atom. The van der Waals surface area contributed by atoms with E-state index >= 15 is 0 Å². The Morgan fingerprint density at radius 2 is 1.80 bits per heavy atom. The molecule has 0 spiro atoms. The van der Waals surface area contributed by atoms with Crippen LogP contribution in [0.25, 0.3) is 0 Å². The number of carbonyl (C=O) groups is 1. The molecule has 2 rings (SSSR count). The highest BCUT2D eigenvalue weighted by molar-refractivity contribution is 5.78. The molecular weight excluding hydrogens is 319 g/mol. The van der Waals surface area contributed by atoms with Gasteiger partial charge in [0.05, 0.1) is 19.7 Å². The van der Waals surface area contributed by atoms with Gasteiger partial charge in [-0.3, -0.25) is 9.69 Å². The first-order valence-corrected chi connectivity index (χ1v) is 8.30. The molecule has 0 aromatic heterocycles. The normalized spacial score (nSPS) is 13.4. The van der Waals surface area contributed by atoms with E-state index in [-0.39, 0.29) is 30.4 Å². The lowest BCUT2D eigenvalue weighted by molar-refractivity contribution is -0.123. The van der Waals surface area contributed by atoms with Crippen molar-refractivity contribution in [2.24, 2.45) is 0 Å². The number of para-hydroxylation sites is 1. The lowest BCUT2D eigenvalue weighted by atomic mass is 10.1. The molecule has 0 fully saturated rings. The molecule has 2 unspecified atom stereocenters. The topological polar surface area (TPSA) is 41.6 Å². The fraction of sp³-hybridized carbons (Fsp3) is 0.350. The zero-order chi connectivity index (χ0) is 18.4. The smallest absolute Gasteiger partial charge is 0.234 e. The summed E-state index contributed by atoms with van der Waals surface area (Å²) >= 11 is 0. The Balaban J connectivity index is 1.95. The van der Waals surface area contributed by atoms with Gasteiger partial charge in [-0.25, -0.2) is 4.39 Å². The molecule has 0 aliphatic rings. The van der Waals surface area contributed by atoms with Crippen molar-refractivity contribution >= 4 is 5.91 Å². The summed E-state index contributed by atoms with van der Waals surface area (Å²) < 4.78 is 18.4. The van der Waals surface area contributed by atoms with Gasteiger partial charge in [-0.15, -0.1) is 0 Å². The first-order valence-electron chi connectivity index (χ1n) is 8.30. The molecule has 0 aliphatic carbocycles. The third-order valence-corrected chi connectivity index (χ3v) is 4.39. The van der Waals surface area contributed by atoms with E-state index in [1.807, 2.05) is 50.1 Å². The van der Waals surface area contributed by atoms with Crippen LogP contribution in [-0.4, -0.2) is 31.5 Å². The van der Waals surface area contributed by atoms with Crippen LogP contribution in [0.3, 0.4) is 0 Å². The molecule has 0 bridgehead atoms. The fourth-order valence-electron chi connectivity index (χ4n) is 2.75. The van der Waals surface area contributed by atoms with Crippen LogP contribution in [0.4, 0.5) is 4.39 Å². The first-order chi connectivity index (χ1) is 11.9. The Hall–Kier alpha value is -2.40. The quantitative estimate of drug-likeness (QED) is 0.833. The van der Waals surface area contributed by atoms with Gasteiger partial charge in [-0.05, 0) is 44.7 Å². The third-order valence-electron chi connectivity index (χ3n) is 4.39. The minimum atomic E-state index is -0.262. The predicted molar refractivity (Wildman–Crippen MR) is 97.0 cm³/mol. The molecule has 25 heavy (non-hydrogen) atoms. The molecule has 4 nitrogen and oxygen atoms in total. The minimum Gasteiger partial charge on any atom is -0.496 e. The number of likely N-dealkylation sites (N-methyl/N-ethyl adjacent to an activating group) is 1. The molecule has 2 aromatic rings. The van der Waals surface area contributed by atoms with Gasteiger partial charge < -0.3 is 10.1 Å². The monoisotopic (exact) mass is 344 g/mol. The molecule has 0 heterocycles. The third kappa shape index (κ3) is 5.03. The van der Waals surface area contributed by atoms with Gasteiger partial charge in [0.1, 0.15) is 11.6 Å². The van der Waals surface area contributed by atoms with Gasteiger partial charge in [-0.2, -0.15) is 0 Å². The number of carbonyl (C=O) groups excluding carboxylic acids is 1. The SMILES string of the molecule is COc1ccccc1C(C)NC(=O)CN(C)C(C)c1ccc(F)cc1. The zero-order valence-corrected chi connectivity index (χ0v) is 15.1. The minimum absolute atomic E-state index is 0.00733. The van der Waals surface area contributed by atoms with E-state index in [0.29, 0.717) is 0 Å². The number of methoxy groups -OCH3 is 1. The molecule has 1 amide bonds. The standard InChI is InChI=1S/C20H25FN2O2/c1-14(18-7-5-6-8-19(18)25-4)22-20(24)13-23(3)15(2)16-9-11-17(21)12-10-16/h5-12,14-15H,13H2,1-4H3,(H,22,24). The van der Waals surface area contributed by atoms with Crippen LogP contribution in [0.15, 0.2) is 48.5 Å². The highest BCUT2D eigenvalue weighted by Gasteiger charge is 2.18. The van der Waals surface area contributed by atoms with Crippen molar-refractivity contribution in [2.75, 3.05) is 20.7 Å². The van der Waals surface area contributed by atoms with Crippen LogP contribution in [0.5, 0.6) is 5.75 Å². The summed E-state index contributed by atoms with van der Waals surface area (Å²) in [5.41, 5.74) is 1.90. The number of halogens is 1. The Morgan fingerprint density at radius 3 is 2.44 bits per heavy atom. The van der Waals surface area contributed by atoms with Crippen molar-refractivity contribution in [3.8, 4) is 5.75 Å². The van der Waals surface area contributed by atoms with E-state index in [2.05, 4.69) is 5.32 Å². The lowest BCUT2D eigenvalue weighted by Crippen LogP contribution is -2.37. The highest BCUT2D eigenvalue weighted by Crippen LogP contribution is 2.24. The molecule has 0 radical (unpaired) electrons. The van der Waals surface area contributed by atoms with Crippen molar-refractivity contribution in [2.45, 2.75) is 25.9 Å².